The van der Waals surface area contributed by atoms with Gasteiger partial charge < -0.3 is 14.6 Å². The second-order valence-corrected chi connectivity index (χ2v) is 1.23. The minimum atomic E-state index is -0.995. The maximum absolute atomic E-state index is 9.43. The molecule has 0 radical (unpaired) electrons. The molecule has 14 heavy (non-hydrogen) atoms. The normalized spacial score (nSPS) is 5.64. The second-order valence-electron chi connectivity index (χ2n) is 1.23. The van der Waals surface area contributed by atoms with Crippen molar-refractivity contribution in [1.29, 1.82) is 0 Å². The Morgan fingerprint density at radius 1 is 1.21 bits per heavy atom. The number of ether oxygens (including phenoxy) is 2. The molecule has 0 rings (SSSR count). The van der Waals surface area contributed by atoms with E-state index in [1.807, 2.05) is 6.92 Å². The summed E-state index contributed by atoms with van der Waals surface area (Å²) in [5.74, 6) is -0.995. The zero-order valence-corrected chi connectivity index (χ0v) is 20.2. The Labute approximate surface area is 75.5 Å². The molecule has 0 amide bonds. The molecule has 4 nitrogen and oxygen atoms in total. The van der Waals surface area contributed by atoms with Crippen LogP contribution in [0.25, 0.3) is 0 Å². The van der Waals surface area contributed by atoms with Crippen molar-refractivity contribution in [2.75, 3.05) is 13.2 Å². The summed E-state index contributed by atoms with van der Waals surface area (Å²) < 4.78 is 8.25. The number of carbonyl (C=O) groups is 1. The van der Waals surface area contributed by atoms with Gasteiger partial charge in [0.25, 0.3) is 0 Å². The van der Waals surface area contributed by atoms with Crippen molar-refractivity contribution in [1.82, 2.24) is 0 Å². The minimum Gasteiger partial charge on any atom is -0.555 e. The number of carboxylic acids is 1. The molecule has 0 saturated carbocycles. The van der Waals surface area contributed by atoms with E-state index in [0.29, 0.717) is 6.61 Å². The first-order chi connectivity index (χ1) is 4.68. The number of aliphatic carboxylic acids is 1. The molecule has 6 heteroatoms. The average molecular weight is 714 g/mol. The van der Waals surface area contributed by atoms with Crippen molar-refractivity contribution in [3.05, 3.63) is 14.2 Å². The first-order valence-electron chi connectivity index (χ1n) is 2.64. The Bertz CT molecular complexity index is 79.7. The van der Waals surface area contributed by atoms with Gasteiger partial charge in [-0.3, -0.25) is 0 Å². The molecule has 0 aliphatic heterocycles. The smallest absolute Gasteiger partial charge is 0.326 e. The van der Waals surface area contributed by atoms with Crippen LogP contribution in [-0.2, 0) is 14.3 Å². The molecule has 0 fully saturated rings. The molecule has 0 unspecified atom stereocenters. The Hall–Kier alpha value is -2.61. The summed E-state index contributed by atoms with van der Waals surface area (Å²) in [6.45, 7) is 2.28. The van der Waals surface area contributed by atoms with Gasteiger partial charge in [0, 0.05) is 6.61 Å². The van der Waals surface area contributed by atoms with Crippen molar-refractivity contribution >= 4 is 5.97 Å². The Balaban J connectivity index is -0.0000000185. The van der Waals surface area contributed by atoms with Crippen molar-refractivity contribution in [3.63, 3.8) is 0 Å². The van der Waals surface area contributed by atoms with E-state index in [2.05, 4.69) is 23.7 Å². The fourth-order valence-electron chi connectivity index (χ4n) is 0.0873. The molecule has 0 aromatic rings. The minimum absolute atomic E-state index is 0. The molecule has 0 bridgehead atoms. The summed E-state index contributed by atoms with van der Waals surface area (Å²) in [6, 6.07) is 0. The van der Waals surface area contributed by atoms with Gasteiger partial charge in [-0.25, -0.2) is 19.0 Å². The molecule has 0 spiro atoms. The van der Waals surface area contributed by atoms with Crippen LogP contribution in [0.5, 0.6) is 0 Å². The van der Waals surface area contributed by atoms with E-state index >= 15 is 0 Å². The maximum atomic E-state index is 9.43. The predicted octanol–water partition coefficient (Wildman–Crippen LogP) is 1.97. The molecule has 0 saturated heterocycles. The van der Waals surface area contributed by atoms with Crippen LogP contribution < -0.4 is 0 Å². The predicted molar refractivity (Wildman–Crippen MR) is 49.4 cm³/mol. The van der Waals surface area contributed by atoms with Gasteiger partial charge in [0.1, 0.15) is 6.61 Å². The average Bonchev–Trinajstić information content (AvgIpc) is 1.89. The number of rotatable bonds is 3. The Morgan fingerprint density at radius 2 is 1.50 bits per heavy atom. The van der Waals surface area contributed by atoms with E-state index in [1.54, 1.807) is 0 Å². The van der Waals surface area contributed by atoms with Gasteiger partial charge in [0.2, 0.25) is 0 Å². The first-order valence-corrected chi connectivity index (χ1v) is 2.64. The fourth-order valence-corrected chi connectivity index (χ4v) is 0.0873. The van der Waals surface area contributed by atoms with E-state index in [0.717, 1.165) is 0 Å². The molecule has 0 aromatic heterocycles. The summed E-state index contributed by atoms with van der Waals surface area (Å²) in [6.07, 6.45) is 0. The van der Waals surface area contributed by atoms with Crippen molar-refractivity contribution in [3.8, 4) is 0 Å². The van der Waals surface area contributed by atoms with Gasteiger partial charge in [-0.2, -0.15) is 0 Å². The number of hydrogen-bond acceptors (Lipinski definition) is 3. The van der Waals surface area contributed by atoms with Gasteiger partial charge >= 0.3 is 5.97 Å². The van der Waals surface area contributed by atoms with Crippen molar-refractivity contribution in [2.45, 2.75) is 21.8 Å². The molecular formula is C8H20O4Rf2-2. The molecule has 0 aromatic carbocycles. The van der Waals surface area contributed by atoms with Crippen molar-refractivity contribution in [2.24, 2.45) is 0 Å². The molecule has 0 heterocycles. The Morgan fingerprint density at radius 3 is 1.50 bits per heavy atom. The topological polar surface area (TPSA) is 55.8 Å². The third kappa shape index (κ3) is 342. The molecule has 0 atom stereocenters. The van der Waals surface area contributed by atoms with Crippen LogP contribution >= 0.6 is 0 Å². The Kier molecular flexibility index (Phi) is 144. The van der Waals surface area contributed by atoms with Crippen LogP contribution in [0.1, 0.15) is 21.8 Å². The van der Waals surface area contributed by atoms with Crippen molar-refractivity contribution < 1.29 is 19.4 Å². The molecule has 0 aliphatic carbocycles. The van der Waals surface area contributed by atoms with E-state index < -0.39 is 5.97 Å². The zero-order valence-electron chi connectivity index (χ0n) is 7.41. The van der Waals surface area contributed by atoms with E-state index in [1.165, 1.54) is 0 Å². The quantitative estimate of drug-likeness (QED) is 0.455. The maximum Gasteiger partial charge on any atom is 0.326 e. The third-order valence-corrected chi connectivity index (χ3v) is 0.430. The number of carboxylic acid groups (broad SMARTS) is 1. The van der Waals surface area contributed by atoms with E-state index in [-0.39, 0.29) is 21.5 Å². The summed E-state index contributed by atoms with van der Waals surface area (Å²) >= 11 is 0. The van der Waals surface area contributed by atoms with Crippen LogP contribution in [0.3, 0.4) is 0 Å². The van der Waals surface area contributed by atoms with Crippen LogP contribution in [0, 0.1) is 14.2 Å². The van der Waals surface area contributed by atoms with E-state index in [4.69, 9.17) is 5.11 Å². The van der Waals surface area contributed by atoms with Gasteiger partial charge in [0.15, 0.2) is 0 Å². The van der Waals surface area contributed by atoms with Crippen LogP contribution in [0.4, 0.5) is 0 Å². The zero-order chi connectivity index (χ0) is 8.41. The van der Waals surface area contributed by atoms with Crippen LogP contribution in [0.15, 0.2) is 0 Å². The summed E-state index contributed by atoms with van der Waals surface area (Å²) in [5, 5.41) is 7.75. The van der Waals surface area contributed by atoms with Gasteiger partial charge in [-0.15, -0.1) is 0 Å². The second kappa shape index (κ2) is 47.5. The monoisotopic (exact) mass is 714 g/mol. The summed E-state index contributed by atoms with van der Waals surface area (Å²) in [4.78, 5) is 9.43. The standard InChI is InChI=1S/C3H5O3.C3H7O.2CH4.2Rf/c1-6-2-3(4)5;1-3-4-2;;;;/h1-2H2,(H,4,5);2-3H2,1H3;2*1H4;;/q2*-1;;;;. The van der Waals surface area contributed by atoms with Crippen LogP contribution in [-0.4, -0.2) is 24.3 Å². The molecule has 0 aliphatic rings. The SMILES string of the molecule is C.C.[CH2-]OCC.[CH2-]OCC(=O)O.[Rf].[Rf]. The fraction of sp³-hybridized carbons (Fsp3) is 0.625. The van der Waals surface area contributed by atoms with Crippen LogP contribution in [0.2, 0.25) is 0 Å². The summed E-state index contributed by atoms with van der Waals surface area (Å²) in [7, 11) is 5.95. The van der Waals surface area contributed by atoms with Gasteiger partial charge in [-0.05, 0) is 6.92 Å². The summed E-state index contributed by atoms with van der Waals surface area (Å²) in [5.41, 5.74) is 0. The first kappa shape index (κ1) is 42.3. The number of hydrogen-bond donors (Lipinski definition) is 1. The van der Waals surface area contributed by atoms with Gasteiger partial charge in [0.05, 0.1) is 0 Å². The molecular weight excluding hydrogens is 694 g/mol. The third-order valence-electron chi connectivity index (χ3n) is 0.430. The van der Waals surface area contributed by atoms with E-state index in [9.17, 15) is 4.79 Å². The van der Waals surface area contributed by atoms with Gasteiger partial charge in [-0.1, -0.05) is 14.9 Å². The molecule has 1 N–H and O–H groups in total. The largest absolute Gasteiger partial charge is 0.555 e. The molecule has 82 valence electrons.